The van der Waals surface area contributed by atoms with Crippen molar-refractivity contribution in [2.24, 2.45) is 5.92 Å². The van der Waals surface area contributed by atoms with Crippen LogP contribution in [-0.4, -0.2) is 28.5 Å². The van der Waals surface area contributed by atoms with Crippen LogP contribution in [-0.2, 0) is 11.2 Å². The summed E-state index contributed by atoms with van der Waals surface area (Å²) in [5.74, 6) is -0.465. The molecule has 116 valence electrons. The standard InChI is InChI=1S/C15H16N2O3S2/c1-8-3-5-21-13(8)9-6-10(9)14(18)16-4-2-12-17-11(7-22-12)15(19)20/h3,5,7,9-10H,2,4,6H2,1H3,(H,16,18)(H,19,20)/t9-,10+/m1/s1. The maximum absolute atomic E-state index is 12.1. The van der Waals surface area contributed by atoms with E-state index < -0.39 is 5.97 Å². The van der Waals surface area contributed by atoms with Gasteiger partial charge in [0, 0.05) is 35.1 Å². The molecule has 1 fully saturated rings. The second kappa shape index (κ2) is 6.18. The Hall–Kier alpha value is -1.73. The van der Waals surface area contributed by atoms with E-state index in [9.17, 15) is 9.59 Å². The Morgan fingerprint density at radius 1 is 1.45 bits per heavy atom. The van der Waals surface area contributed by atoms with E-state index in [1.807, 2.05) is 0 Å². The number of hydrogen-bond acceptors (Lipinski definition) is 5. The number of carboxylic acid groups (broad SMARTS) is 1. The fraction of sp³-hybridized carbons (Fsp3) is 0.400. The molecule has 3 rings (SSSR count). The van der Waals surface area contributed by atoms with Crippen molar-refractivity contribution >= 4 is 34.6 Å². The van der Waals surface area contributed by atoms with Crippen LogP contribution in [0.4, 0.5) is 0 Å². The highest BCUT2D eigenvalue weighted by atomic mass is 32.1. The predicted molar refractivity (Wildman–Crippen MR) is 85.7 cm³/mol. The molecule has 0 radical (unpaired) electrons. The fourth-order valence-electron chi connectivity index (χ4n) is 2.49. The van der Waals surface area contributed by atoms with Gasteiger partial charge in [-0.2, -0.15) is 0 Å². The quantitative estimate of drug-likeness (QED) is 0.850. The Morgan fingerprint density at radius 2 is 2.27 bits per heavy atom. The lowest BCUT2D eigenvalue weighted by atomic mass is 10.2. The average molecular weight is 336 g/mol. The summed E-state index contributed by atoms with van der Waals surface area (Å²) in [6.07, 6.45) is 1.49. The molecule has 1 aliphatic carbocycles. The Balaban J connectivity index is 1.45. The zero-order chi connectivity index (χ0) is 15.7. The van der Waals surface area contributed by atoms with Crippen LogP contribution in [0.2, 0.25) is 0 Å². The molecule has 0 bridgehead atoms. The van der Waals surface area contributed by atoms with Crippen molar-refractivity contribution in [2.75, 3.05) is 6.54 Å². The molecule has 0 spiro atoms. The van der Waals surface area contributed by atoms with Gasteiger partial charge in [-0.05, 0) is 30.4 Å². The third kappa shape index (κ3) is 3.20. The summed E-state index contributed by atoms with van der Waals surface area (Å²) in [6.45, 7) is 2.58. The Bertz CT molecular complexity index is 707. The molecular weight excluding hydrogens is 320 g/mol. The van der Waals surface area contributed by atoms with E-state index in [0.29, 0.717) is 18.9 Å². The molecule has 0 saturated heterocycles. The van der Waals surface area contributed by atoms with Crippen molar-refractivity contribution in [3.63, 3.8) is 0 Å². The number of aromatic nitrogens is 1. The minimum Gasteiger partial charge on any atom is -0.476 e. The number of carbonyl (C=O) groups excluding carboxylic acids is 1. The number of aromatic carboxylic acids is 1. The molecule has 0 aromatic carbocycles. The van der Waals surface area contributed by atoms with Crippen LogP contribution >= 0.6 is 22.7 Å². The number of hydrogen-bond donors (Lipinski definition) is 2. The number of thiophene rings is 1. The Morgan fingerprint density at radius 3 is 2.91 bits per heavy atom. The van der Waals surface area contributed by atoms with Crippen molar-refractivity contribution in [1.29, 1.82) is 0 Å². The Labute approximate surface area is 136 Å². The summed E-state index contributed by atoms with van der Waals surface area (Å²) in [6, 6.07) is 2.09. The number of rotatable bonds is 6. The second-order valence-corrected chi connectivity index (χ2v) is 7.28. The maximum Gasteiger partial charge on any atom is 0.355 e. The van der Waals surface area contributed by atoms with Gasteiger partial charge in [-0.3, -0.25) is 4.79 Å². The third-order valence-corrected chi connectivity index (χ3v) is 5.83. The van der Waals surface area contributed by atoms with Crippen molar-refractivity contribution in [2.45, 2.75) is 25.7 Å². The highest BCUT2D eigenvalue weighted by Crippen LogP contribution is 2.50. The molecule has 22 heavy (non-hydrogen) atoms. The van der Waals surface area contributed by atoms with Crippen LogP contribution < -0.4 is 5.32 Å². The number of thiazole rings is 1. The summed E-state index contributed by atoms with van der Waals surface area (Å²) in [7, 11) is 0. The molecular formula is C15H16N2O3S2. The van der Waals surface area contributed by atoms with Gasteiger partial charge in [-0.25, -0.2) is 9.78 Å². The summed E-state index contributed by atoms with van der Waals surface area (Å²) in [5, 5.41) is 16.1. The van der Waals surface area contributed by atoms with Gasteiger partial charge in [0.15, 0.2) is 5.69 Å². The van der Waals surface area contributed by atoms with Gasteiger partial charge in [0.05, 0.1) is 5.01 Å². The molecule has 0 unspecified atom stereocenters. The van der Waals surface area contributed by atoms with Crippen LogP contribution in [0.25, 0.3) is 0 Å². The molecule has 1 amide bonds. The molecule has 7 heteroatoms. The van der Waals surface area contributed by atoms with Gasteiger partial charge in [0.1, 0.15) is 0 Å². The van der Waals surface area contributed by atoms with Gasteiger partial charge in [-0.1, -0.05) is 0 Å². The van der Waals surface area contributed by atoms with E-state index in [1.54, 1.807) is 11.3 Å². The molecule has 1 saturated carbocycles. The first-order valence-corrected chi connectivity index (χ1v) is 8.81. The predicted octanol–water partition coefficient (Wildman–Crippen LogP) is 2.67. The highest BCUT2D eigenvalue weighted by Gasteiger charge is 2.45. The molecule has 0 aliphatic heterocycles. The summed E-state index contributed by atoms with van der Waals surface area (Å²) in [5.41, 5.74) is 1.34. The number of nitrogens with one attached hydrogen (secondary N) is 1. The number of nitrogens with zero attached hydrogens (tertiary/aromatic N) is 1. The lowest BCUT2D eigenvalue weighted by molar-refractivity contribution is -0.122. The topological polar surface area (TPSA) is 79.3 Å². The number of carbonyl (C=O) groups is 2. The minimum atomic E-state index is -1.02. The van der Waals surface area contributed by atoms with Gasteiger partial charge in [-0.15, -0.1) is 22.7 Å². The van der Waals surface area contributed by atoms with Crippen molar-refractivity contribution in [3.8, 4) is 0 Å². The van der Waals surface area contributed by atoms with E-state index in [2.05, 4.69) is 28.7 Å². The second-order valence-electron chi connectivity index (χ2n) is 5.39. The average Bonchev–Trinajstić information content (AvgIpc) is 2.91. The van der Waals surface area contributed by atoms with E-state index in [-0.39, 0.29) is 17.5 Å². The fourth-order valence-corrected chi connectivity index (χ4v) is 4.37. The molecule has 1 aliphatic rings. The molecule has 2 aromatic rings. The van der Waals surface area contributed by atoms with Crippen LogP contribution in [0.3, 0.4) is 0 Å². The van der Waals surface area contributed by atoms with Crippen molar-refractivity contribution < 1.29 is 14.7 Å². The van der Waals surface area contributed by atoms with Crippen molar-refractivity contribution in [3.05, 3.63) is 38.0 Å². The maximum atomic E-state index is 12.1. The smallest absolute Gasteiger partial charge is 0.355 e. The van der Waals surface area contributed by atoms with E-state index in [0.717, 1.165) is 11.4 Å². The van der Waals surface area contributed by atoms with E-state index in [4.69, 9.17) is 5.11 Å². The monoisotopic (exact) mass is 336 g/mol. The van der Waals surface area contributed by atoms with Crippen LogP contribution in [0.5, 0.6) is 0 Å². The normalized spacial score (nSPS) is 19.9. The third-order valence-electron chi connectivity index (χ3n) is 3.77. The first-order valence-electron chi connectivity index (χ1n) is 7.05. The zero-order valence-electron chi connectivity index (χ0n) is 12.0. The van der Waals surface area contributed by atoms with Crippen LogP contribution in [0.15, 0.2) is 16.8 Å². The number of aryl methyl sites for hydroxylation is 1. The number of carboxylic acids is 1. The number of amides is 1. The molecule has 2 atom stereocenters. The summed E-state index contributed by atoms with van der Waals surface area (Å²) in [4.78, 5) is 28.2. The highest BCUT2D eigenvalue weighted by molar-refractivity contribution is 7.10. The first kappa shape index (κ1) is 15.2. The molecule has 2 N–H and O–H groups in total. The SMILES string of the molecule is Cc1ccsc1[C@@H]1C[C@@H]1C(=O)NCCc1nc(C(=O)O)cs1. The van der Waals surface area contributed by atoms with E-state index >= 15 is 0 Å². The zero-order valence-corrected chi connectivity index (χ0v) is 13.7. The van der Waals surface area contributed by atoms with Gasteiger partial charge < -0.3 is 10.4 Å². The molecule has 2 heterocycles. The first-order chi connectivity index (χ1) is 10.6. The Kier molecular flexibility index (Phi) is 4.26. The molecule has 2 aromatic heterocycles. The van der Waals surface area contributed by atoms with Gasteiger partial charge in [0.25, 0.3) is 0 Å². The lowest BCUT2D eigenvalue weighted by Crippen LogP contribution is -2.27. The summed E-state index contributed by atoms with van der Waals surface area (Å²) >= 11 is 3.04. The minimum absolute atomic E-state index is 0.0711. The van der Waals surface area contributed by atoms with E-state index in [1.165, 1.54) is 27.2 Å². The molecule has 5 nitrogen and oxygen atoms in total. The lowest BCUT2D eigenvalue weighted by Gasteiger charge is -2.03. The largest absolute Gasteiger partial charge is 0.476 e. The van der Waals surface area contributed by atoms with Gasteiger partial charge >= 0.3 is 5.97 Å². The van der Waals surface area contributed by atoms with Crippen LogP contribution in [0.1, 0.15) is 38.3 Å². The van der Waals surface area contributed by atoms with Crippen LogP contribution in [0, 0.1) is 12.8 Å². The van der Waals surface area contributed by atoms with Gasteiger partial charge in [0.2, 0.25) is 5.91 Å². The summed E-state index contributed by atoms with van der Waals surface area (Å²) < 4.78 is 0. The van der Waals surface area contributed by atoms with Crippen molar-refractivity contribution in [1.82, 2.24) is 10.3 Å².